The van der Waals surface area contributed by atoms with Gasteiger partial charge in [0, 0.05) is 47.4 Å². The van der Waals surface area contributed by atoms with Gasteiger partial charge in [0.2, 0.25) is 0 Å². The summed E-state index contributed by atoms with van der Waals surface area (Å²) in [6.07, 6.45) is -4.58. The highest BCUT2D eigenvalue weighted by Crippen LogP contribution is 2.48. The molecule has 1 aromatic carbocycles. The average molecular weight is 585 g/mol. The molecule has 7 nitrogen and oxygen atoms in total. The Balaban J connectivity index is 1.55. The van der Waals surface area contributed by atoms with Gasteiger partial charge in [-0.25, -0.2) is 0 Å². The number of benzene rings is 1. The molecule has 0 bridgehead atoms. The number of carbonyl (C=O) groups is 1. The number of likely N-dealkylation sites (tertiary alicyclic amines) is 1. The summed E-state index contributed by atoms with van der Waals surface area (Å²) in [4.78, 5) is 16.4. The van der Waals surface area contributed by atoms with E-state index in [1.54, 1.807) is 17.9 Å². The van der Waals surface area contributed by atoms with Crippen LogP contribution in [-0.4, -0.2) is 61.7 Å². The number of methoxy groups -OCH3 is 1. The summed E-state index contributed by atoms with van der Waals surface area (Å²) in [5.41, 5.74) is 3.76. The molecule has 0 unspecified atom stereocenters. The summed E-state index contributed by atoms with van der Waals surface area (Å²) in [5, 5.41) is 16.9. The molecule has 4 aromatic rings. The topological polar surface area (TPSA) is 72.5 Å². The molecule has 0 spiro atoms. The number of carbonyl (C=O) groups excluding carboxylic acids is 1. The molecule has 2 aliphatic heterocycles. The number of rotatable bonds is 5. The maximum Gasteiger partial charge on any atom is 0.416 e. The summed E-state index contributed by atoms with van der Waals surface area (Å²) in [6, 6.07) is 11.5. The van der Waals surface area contributed by atoms with Crippen molar-refractivity contribution < 1.29 is 27.8 Å². The number of aryl methyl sites for hydroxylation is 1. The molecule has 1 amide bonds. The number of amides is 1. The van der Waals surface area contributed by atoms with Crippen LogP contribution >= 0.6 is 11.3 Å². The molecule has 3 aromatic heterocycles. The lowest BCUT2D eigenvalue weighted by Crippen LogP contribution is -2.58. The Bertz CT molecular complexity index is 1620. The molecule has 41 heavy (non-hydrogen) atoms. The summed E-state index contributed by atoms with van der Waals surface area (Å²) in [6.45, 7) is 3.48. The van der Waals surface area contributed by atoms with Crippen molar-refractivity contribution in [1.82, 2.24) is 19.2 Å². The van der Waals surface area contributed by atoms with Crippen molar-refractivity contribution >= 4 is 17.2 Å². The van der Waals surface area contributed by atoms with Crippen LogP contribution in [0.1, 0.15) is 48.8 Å². The molecule has 0 radical (unpaired) electrons. The molecule has 1 saturated heterocycles. The molecule has 2 aliphatic rings. The van der Waals surface area contributed by atoms with E-state index in [0.29, 0.717) is 24.3 Å². The Morgan fingerprint density at radius 3 is 2.63 bits per heavy atom. The van der Waals surface area contributed by atoms with Gasteiger partial charge < -0.3 is 19.3 Å². The Hall–Kier alpha value is -3.57. The number of aliphatic hydroxyl groups is 1. The zero-order valence-corrected chi connectivity index (χ0v) is 24.0. The number of ether oxygens (including phenoxy) is 1. The van der Waals surface area contributed by atoms with Gasteiger partial charge in [-0.1, -0.05) is 6.07 Å². The third-order valence-electron chi connectivity index (χ3n) is 8.49. The molecule has 1 fully saturated rings. The van der Waals surface area contributed by atoms with Crippen molar-refractivity contribution in [3.8, 4) is 38.7 Å². The standard InChI is InChI=1S/C30H31F3N4O3S/c1-17-13-18-14-24(40-4)20(22-8-11-35(3)34-22)15-19(18)26-21(25-7-5-12-41-25)16-23(37(17)26)27(38)36-10-6-9-29(36,2)28(39)30(31,32)33/h5,7-8,11-12,14-17,28,39H,6,9-10,13H2,1-4H3/t17-,28+,29-/m1/s1. The van der Waals surface area contributed by atoms with E-state index in [0.717, 1.165) is 38.5 Å². The van der Waals surface area contributed by atoms with Crippen LogP contribution in [0.5, 0.6) is 5.75 Å². The van der Waals surface area contributed by atoms with E-state index in [9.17, 15) is 23.1 Å². The first-order valence-electron chi connectivity index (χ1n) is 13.5. The van der Waals surface area contributed by atoms with Crippen LogP contribution in [-0.2, 0) is 13.5 Å². The molecule has 216 valence electrons. The Kier molecular flexibility index (Phi) is 6.57. The zero-order chi connectivity index (χ0) is 29.3. The average Bonchev–Trinajstić information content (AvgIpc) is 3.73. The smallest absolute Gasteiger partial charge is 0.416 e. The number of aliphatic hydroxyl groups excluding tert-OH is 1. The lowest BCUT2D eigenvalue weighted by atomic mass is 9.90. The fraction of sp³-hybridized carbons (Fsp3) is 0.400. The minimum absolute atomic E-state index is 0.0659. The number of hydrogen-bond donors (Lipinski definition) is 1. The monoisotopic (exact) mass is 584 g/mol. The first-order chi connectivity index (χ1) is 19.4. The Labute approximate surface area is 239 Å². The van der Waals surface area contributed by atoms with Crippen LogP contribution in [0.25, 0.3) is 33.0 Å². The van der Waals surface area contributed by atoms with E-state index in [1.165, 1.54) is 23.2 Å². The minimum atomic E-state index is -4.84. The first-order valence-corrected chi connectivity index (χ1v) is 14.4. The highest BCUT2D eigenvalue weighted by Gasteiger charge is 2.56. The molecule has 5 heterocycles. The van der Waals surface area contributed by atoms with Gasteiger partial charge >= 0.3 is 6.18 Å². The van der Waals surface area contributed by atoms with E-state index in [2.05, 4.69) is 5.10 Å². The summed E-state index contributed by atoms with van der Waals surface area (Å²) >= 11 is 1.53. The quantitative estimate of drug-likeness (QED) is 0.298. The fourth-order valence-electron chi connectivity index (χ4n) is 6.48. The van der Waals surface area contributed by atoms with Crippen molar-refractivity contribution in [2.45, 2.75) is 57.0 Å². The van der Waals surface area contributed by atoms with E-state index < -0.39 is 23.7 Å². The number of thiophene rings is 1. The van der Waals surface area contributed by atoms with Gasteiger partial charge in [0.25, 0.3) is 5.91 Å². The zero-order valence-electron chi connectivity index (χ0n) is 23.2. The number of aromatic nitrogens is 3. The van der Waals surface area contributed by atoms with Gasteiger partial charge in [0.15, 0.2) is 6.10 Å². The van der Waals surface area contributed by atoms with Gasteiger partial charge in [0.05, 0.1) is 24.0 Å². The second-order valence-electron chi connectivity index (χ2n) is 11.1. The largest absolute Gasteiger partial charge is 0.496 e. The predicted molar refractivity (Wildman–Crippen MR) is 151 cm³/mol. The second-order valence-corrected chi connectivity index (χ2v) is 12.1. The van der Waals surface area contributed by atoms with E-state index in [-0.39, 0.29) is 19.0 Å². The Morgan fingerprint density at radius 2 is 2.00 bits per heavy atom. The lowest BCUT2D eigenvalue weighted by molar-refractivity contribution is -0.232. The number of halogens is 3. The normalized spacial score (nSPS) is 21.1. The molecule has 0 saturated carbocycles. The number of fused-ring (bicyclic) bond motifs is 3. The van der Waals surface area contributed by atoms with Crippen molar-refractivity contribution in [1.29, 1.82) is 0 Å². The number of alkyl halides is 3. The molecule has 0 aliphatic carbocycles. The molecule has 11 heteroatoms. The SMILES string of the molecule is COc1cc2c(cc1-c1ccn(C)n1)-c1c(-c3cccs3)cc(C(=O)N3CCC[C@]3(C)[C@H](O)C(F)(F)F)n1[C@H](C)C2. The molecular formula is C30H31F3N4O3S. The summed E-state index contributed by atoms with van der Waals surface area (Å²) in [5.74, 6) is 0.184. The predicted octanol–water partition coefficient (Wildman–Crippen LogP) is 6.33. The molecule has 1 N–H and O–H groups in total. The molecule has 3 atom stereocenters. The van der Waals surface area contributed by atoms with Crippen molar-refractivity contribution in [2.75, 3.05) is 13.7 Å². The number of nitrogens with zero attached hydrogens (tertiary/aromatic N) is 4. The van der Waals surface area contributed by atoms with Crippen LogP contribution in [0.2, 0.25) is 0 Å². The fourth-order valence-corrected chi connectivity index (χ4v) is 7.23. The van der Waals surface area contributed by atoms with E-state index >= 15 is 0 Å². The van der Waals surface area contributed by atoms with Crippen molar-refractivity contribution in [2.24, 2.45) is 7.05 Å². The third-order valence-corrected chi connectivity index (χ3v) is 9.40. The lowest BCUT2D eigenvalue weighted by Gasteiger charge is -2.40. The highest BCUT2D eigenvalue weighted by molar-refractivity contribution is 7.13. The van der Waals surface area contributed by atoms with Crippen LogP contribution in [0.15, 0.2) is 48.0 Å². The second kappa shape index (κ2) is 9.77. The van der Waals surface area contributed by atoms with E-state index in [1.807, 2.05) is 60.4 Å². The first kappa shape index (κ1) is 27.6. The summed E-state index contributed by atoms with van der Waals surface area (Å²) in [7, 11) is 3.47. The van der Waals surface area contributed by atoms with Gasteiger partial charge in [-0.3, -0.25) is 9.48 Å². The molecular weight excluding hydrogens is 553 g/mol. The highest BCUT2D eigenvalue weighted by atomic mass is 32.1. The van der Waals surface area contributed by atoms with Crippen LogP contribution in [0.3, 0.4) is 0 Å². The Morgan fingerprint density at radius 1 is 1.22 bits per heavy atom. The van der Waals surface area contributed by atoms with Crippen LogP contribution in [0.4, 0.5) is 13.2 Å². The van der Waals surface area contributed by atoms with Gasteiger partial charge in [-0.05, 0) is 74.4 Å². The maximum atomic E-state index is 14.2. The van der Waals surface area contributed by atoms with Crippen molar-refractivity contribution in [3.05, 3.63) is 59.2 Å². The summed E-state index contributed by atoms with van der Waals surface area (Å²) < 4.78 is 50.6. The molecule has 6 rings (SSSR count). The maximum absolute atomic E-state index is 14.2. The number of hydrogen-bond acceptors (Lipinski definition) is 5. The van der Waals surface area contributed by atoms with Gasteiger partial charge in [0.1, 0.15) is 11.4 Å². The van der Waals surface area contributed by atoms with Crippen LogP contribution < -0.4 is 4.74 Å². The third kappa shape index (κ3) is 4.37. The minimum Gasteiger partial charge on any atom is -0.496 e. The van der Waals surface area contributed by atoms with E-state index in [4.69, 9.17) is 4.74 Å². The van der Waals surface area contributed by atoms with Crippen molar-refractivity contribution in [3.63, 3.8) is 0 Å². The van der Waals surface area contributed by atoms with Crippen LogP contribution in [0, 0.1) is 0 Å². The van der Waals surface area contributed by atoms with Gasteiger partial charge in [-0.15, -0.1) is 11.3 Å². The van der Waals surface area contributed by atoms with Gasteiger partial charge in [-0.2, -0.15) is 18.3 Å².